The second-order valence-corrected chi connectivity index (χ2v) is 2.32. The van der Waals surface area contributed by atoms with Crippen LogP contribution in [0.2, 0.25) is 0 Å². The van der Waals surface area contributed by atoms with E-state index in [4.69, 9.17) is 11.6 Å². The summed E-state index contributed by atoms with van der Waals surface area (Å²) >= 11 is 5.14. The summed E-state index contributed by atoms with van der Waals surface area (Å²) in [6.07, 6.45) is 2.36. The van der Waals surface area contributed by atoms with Crippen molar-refractivity contribution < 1.29 is 9.31 Å². The van der Waals surface area contributed by atoms with Gasteiger partial charge in [-0.05, 0) is 6.92 Å². The summed E-state index contributed by atoms with van der Waals surface area (Å²) in [5, 5.41) is 9.72. The van der Waals surface area contributed by atoms with Crippen LogP contribution in [0.4, 0.5) is 4.39 Å². The van der Waals surface area contributed by atoms with Crippen molar-refractivity contribution in [2.45, 2.75) is 6.92 Å². The Hall–Kier alpha value is -1.16. The summed E-state index contributed by atoms with van der Waals surface area (Å²) in [5.74, 6) is -1.11. The van der Waals surface area contributed by atoms with Crippen LogP contribution < -0.4 is 0 Å². The first-order chi connectivity index (χ1) is 5.50. The number of nitro groups is 1. The van der Waals surface area contributed by atoms with Crippen molar-refractivity contribution in [2.24, 2.45) is 0 Å². The second-order valence-electron chi connectivity index (χ2n) is 1.86. The van der Waals surface area contributed by atoms with Crippen molar-refractivity contribution in [3.05, 3.63) is 45.4 Å². The summed E-state index contributed by atoms with van der Waals surface area (Å²) in [4.78, 5) is 9.33. The van der Waals surface area contributed by atoms with Gasteiger partial charge in [-0.2, -0.15) is 4.39 Å². The van der Waals surface area contributed by atoms with Gasteiger partial charge in [-0.15, -0.1) is 0 Å². The average Bonchev–Trinajstić information content (AvgIpc) is 1.98. The van der Waals surface area contributed by atoms with Gasteiger partial charge in [0.25, 0.3) is 0 Å². The molecule has 0 atom stereocenters. The van der Waals surface area contributed by atoms with Crippen molar-refractivity contribution in [3.8, 4) is 0 Å². The standard InChI is InChI=1S/C7H7ClFNO2/c1-3-4-6(10(11)12)7(9)5(2)8/h3-4H,2H2,1H3/b4-3-,7-6-. The Morgan fingerprint density at radius 3 is 2.50 bits per heavy atom. The molecule has 0 aliphatic heterocycles. The van der Waals surface area contributed by atoms with E-state index in [0.717, 1.165) is 6.08 Å². The Labute approximate surface area is 74.0 Å². The Morgan fingerprint density at radius 2 is 2.25 bits per heavy atom. The largest absolute Gasteiger partial charge is 0.305 e. The third-order valence-corrected chi connectivity index (χ3v) is 1.15. The molecule has 0 rings (SSSR count). The maximum absolute atomic E-state index is 12.8. The summed E-state index contributed by atoms with van der Waals surface area (Å²) in [7, 11) is 0. The molecular formula is C7H7ClFNO2. The lowest BCUT2D eigenvalue weighted by Gasteiger charge is -1.93. The number of hydrogen-bond donors (Lipinski definition) is 0. The number of nitrogens with zero attached hydrogens (tertiary/aromatic N) is 1. The Balaban J connectivity index is 5.07. The summed E-state index contributed by atoms with van der Waals surface area (Å²) in [6, 6.07) is 0. The molecule has 0 aliphatic rings. The molecule has 0 aromatic carbocycles. The summed E-state index contributed by atoms with van der Waals surface area (Å²) in [6.45, 7) is 4.57. The van der Waals surface area contributed by atoms with Crippen LogP contribution in [0.1, 0.15) is 6.92 Å². The van der Waals surface area contributed by atoms with E-state index in [1.165, 1.54) is 13.0 Å². The minimum atomic E-state index is -1.11. The lowest BCUT2D eigenvalue weighted by molar-refractivity contribution is -0.421. The predicted octanol–water partition coefficient (Wildman–Crippen LogP) is 2.77. The van der Waals surface area contributed by atoms with Crippen molar-refractivity contribution in [1.82, 2.24) is 0 Å². The van der Waals surface area contributed by atoms with Crippen LogP contribution in [-0.2, 0) is 0 Å². The molecule has 0 heterocycles. The summed E-state index contributed by atoms with van der Waals surface area (Å²) in [5.41, 5.74) is -0.683. The van der Waals surface area contributed by atoms with Crippen LogP contribution in [0.3, 0.4) is 0 Å². The zero-order valence-corrected chi connectivity index (χ0v) is 7.14. The van der Waals surface area contributed by atoms with Crippen LogP contribution >= 0.6 is 11.6 Å². The molecule has 0 unspecified atom stereocenters. The molecule has 0 bridgehead atoms. The van der Waals surface area contributed by atoms with Gasteiger partial charge in [-0.25, -0.2) is 0 Å². The van der Waals surface area contributed by atoms with E-state index in [1.807, 2.05) is 0 Å². The van der Waals surface area contributed by atoms with E-state index < -0.39 is 21.5 Å². The van der Waals surface area contributed by atoms with E-state index >= 15 is 0 Å². The highest BCUT2D eigenvalue weighted by Gasteiger charge is 2.16. The fraction of sp³-hybridized carbons (Fsp3) is 0.143. The molecule has 12 heavy (non-hydrogen) atoms. The molecule has 0 radical (unpaired) electrons. The van der Waals surface area contributed by atoms with Gasteiger partial charge in [0, 0.05) is 6.08 Å². The molecule has 0 aromatic rings. The van der Waals surface area contributed by atoms with Gasteiger partial charge < -0.3 is 0 Å². The van der Waals surface area contributed by atoms with Crippen molar-refractivity contribution in [1.29, 1.82) is 0 Å². The van der Waals surface area contributed by atoms with E-state index in [9.17, 15) is 14.5 Å². The molecule has 0 saturated heterocycles. The molecule has 3 nitrogen and oxygen atoms in total. The van der Waals surface area contributed by atoms with E-state index in [-0.39, 0.29) is 0 Å². The molecular weight excluding hydrogens is 185 g/mol. The van der Waals surface area contributed by atoms with E-state index in [2.05, 4.69) is 6.58 Å². The average molecular weight is 192 g/mol. The third kappa shape index (κ3) is 2.84. The molecule has 0 aliphatic carbocycles. The first kappa shape index (κ1) is 10.8. The zero-order valence-electron chi connectivity index (χ0n) is 6.38. The quantitative estimate of drug-likeness (QED) is 0.391. The summed E-state index contributed by atoms with van der Waals surface area (Å²) < 4.78 is 12.8. The molecule has 0 fully saturated rings. The predicted molar refractivity (Wildman–Crippen MR) is 44.9 cm³/mol. The fourth-order valence-electron chi connectivity index (χ4n) is 0.511. The number of hydrogen-bond acceptors (Lipinski definition) is 2. The number of rotatable bonds is 3. The molecule has 0 aromatic heterocycles. The number of allylic oxidation sites excluding steroid dienone is 4. The van der Waals surface area contributed by atoms with Crippen molar-refractivity contribution >= 4 is 11.6 Å². The van der Waals surface area contributed by atoms with Crippen molar-refractivity contribution in [2.75, 3.05) is 0 Å². The maximum atomic E-state index is 12.8. The molecule has 66 valence electrons. The third-order valence-electron chi connectivity index (χ3n) is 0.984. The molecule has 0 amide bonds. The highest BCUT2D eigenvalue weighted by molar-refractivity contribution is 6.31. The zero-order chi connectivity index (χ0) is 9.72. The van der Waals surface area contributed by atoms with Gasteiger partial charge in [-0.3, -0.25) is 10.1 Å². The lowest BCUT2D eigenvalue weighted by atomic mass is 10.3. The molecule has 0 saturated carbocycles. The van der Waals surface area contributed by atoms with E-state index in [1.54, 1.807) is 0 Å². The molecule has 0 N–H and O–H groups in total. The highest BCUT2D eigenvalue weighted by Crippen LogP contribution is 2.19. The van der Waals surface area contributed by atoms with E-state index in [0.29, 0.717) is 0 Å². The van der Waals surface area contributed by atoms with Crippen molar-refractivity contribution in [3.63, 3.8) is 0 Å². The smallest absolute Gasteiger partial charge is 0.258 e. The van der Waals surface area contributed by atoms with Crippen LogP contribution in [0.25, 0.3) is 0 Å². The number of halogens is 2. The molecule has 0 spiro atoms. The molecule has 5 heteroatoms. The van der Waals surface area contributed by atoms with Gasteiger partial charge in [0.1, 0.15) is 0 Å². The Bertz CT molecular complexity index is 271. The minimum Gasteiger partial charge on any atom is -0.258 e. The lowest BCUT2D eigenvalue weighted by Crippen LogP contribution is -1.98. The highest BCUT2D eigenvalue weighted by atomic mass is 35.5. The SMILES string of the molecule is C=C(Cl)/C(F)=C(\C=C/C)[N+](=O)[O-]. The topological polar surface area (TPSA) is 43.1 Å². The second kappa shape index (κ2) is 4.66. The fourth-order valence-corrected chi connectivity index (χ4v) is 0.608. The van der Waals surface area contributed by atoms with Gasteiger partial charge in [0.15, 0.2) is 0 Å². The van der Waals surface area contributed by atoms with Crippen LogP contribution in [0, 0.1) is 10.1 Å². The van der Waals surface area contributed by atoms with Crippen LogP contribution in [0.15, 0.2) is 35.3 Å². The van der Waals surface area contributed by atoms with Gasteiger partial charge in [0.05, 0.1) is 9.96 Å². The van der Waals surface area contributed by atoms with Crippen LogP contribution in [-0.4, -0.2) is 4.92 Å². The van der Waals surface area contributed by atoms with Crippen LogP contribution in [0.5, 0.6) is 0 Å². The van der Waals surface area contributed by atoms with Gasteiger partial charge in [0.2, 0.25) is 5.83 Å². The Kier molecular flexibility index (Phi) is 4.21. The first-order valence-corrected chi connectivity index (χ1v) is 3.40. The minimum absolute atomic E-state index is 0.472. The first-order valence-electron chi connectivity index (χ1n) is 3.02. The normalized spacial score (nSPS) is 12.9. The Morgan fingerprint density at radius 1 is 1.75 bits per heavy atom. The van der Waals surface area contributed by atoms with Gasteiger partial charge in [-0.1, -0.05) is 24.3 Å². The van der Waals surface area contributed by atoms with Gasteiger partial charge >= 0.3 is 5.70 Å². The maximum Gasteiger partial charge on any atom is 0.305 e. The monoisotopic (exact) mass is 191 g/mol.